The van der Waals surface area contributed by atoms with E-state index >= 15 is 0 Å². The van der Waals surface area contributed by atoms with Gasteiger partial charge in [-0.3, -0.25) is 0 Å². The van der Waals surface area contributed by atoms with E-state index in [0.717, 1.165) is 11.1 Å². The molecule has 0 saturated heterocycles. The standard InChI is InChI=1S/C22H22N4O6/c1-15(31-21(27)29-13-17-9-5-3-6-10-17)19-23-25-20(26-24-19)16(2)32-22(28)30-14-18-11-7-4-8-12-18/h3-12,15-16H,13-14H2,1-2H3. The maximum atomic E-state index is 11.8. The van der Waals surface area contributed by atoms with Crippen molar-refractivity contribution in [1.82, 2.24) is 20.4 Å². The van der Waals surface area contributed by atoms with Gasteiger partial charge < -0.3 is 18.9 Å². The lowest BCUT2D eigenvalue weighted by atomic mass is 10.2. The molecule has 0 bridgehead atoms. The van der Waals surface area contributed by atoms with E-state index in [4.69, 9.17) is 18.9 Å². The highest BCUT2D eigenvalue weighted by molar-refractivity contribution is 5.60. The van der Waals surface area contributed by atoms with Crippen molar-refractivity contribution in [1.29, 1.82) is 0 Å². The van der Waals surface area contributed by atoms with Gasteiger partial charge in [0.2, 0.25) is 11.6 Å². The number of benzene rings is 2. The lowest BCUT2D eigenvalue weighted by molar-refractivity contribution is 0.0168. The van der Waals surface area contributed by atoms with Gasteiger partial charge in [0.15, 0.2) is 12.2 Å². The zero-order chi connectivity index (χ0) is 22.8. The van der Waals surface area contributed by atoms with Crippen LogP contribution in [-0.2, 0) is 32.2 Å². The third-order valence-electron chi connectivity index (χ3n) is 4.18. The Balaban J connectivity index is 1.44. The van der Waals surface area contributed by atoms with Gasteiger partial charge in [0, 0.05) is 0 Å². The molecule has 32 heavy (non-hydrogen) atoms. The predicted molar refractivity (Wildman–Crippen MR) is 110 cm³/mol. The second-order valence-corrected chi connectivity index (χ2v) is 6.69. The molecule has 2 unspecified atom stereocenters. The van der Waals surface area contributed by atoms with Crippen LogP contribution >= 0.6 is 0 Å². The molecule has 0 aliphatic heterocycles. The lowest BCUT2D eigenvalue weighted by Gasteiger charge is -2.13. The van der Waals surface area contributed by atoms with Crippen LogP contribution in [0, 0.1) is 0 Å². The number of aromatic nitrogens is 4. The molecule has 0 aliphatic carbocycles. The number of nitrogens with zero attached hydrogens (tertiary/aromatic N) is 4. The Hall–Kier alpha value is -4.08. The van der Waals surface area contributed by atoms with E-state index in [1.807, 2.05) is 60.7 Å². The Morgan fingerprint density at radius 2 is 1.00 bits per heavy atom. The summed E-state index contributed by atoms with van der Waals surface area (Å²) >= 11 is 0. The van der Waals surface area contributed by atoms with Crippen LogP contribution < -0.4 is 0 Å². The Bertz CT molecular complexity index is 919. The van der Waals surface area contributed by atoms with Crippen LogP contribution in [0.1, 0.15) is 48.8 Å². The Labute approximate surface area is 184 Å². The van der Waals surface area contributed by atoms with Crippen LogP contribution in [0.25, 0.3) is 0 Å². The highest BCUT2D eigenvalue weighted by atomic mass is 16.7. The second-order valence-electron chi connectivity index (χ2n) is 6.69. The van der Waals surface area contributed by atoms with Crippen LogP contribution in [-0.4, -0.2) is 32.7 Å². The van der Waals surface area contributed by atoms with Crippen LogP contribution in [0.15, 0.2) is 60.7 Å². The van der Waals surface area contributed by atoms with Gasteiger partial charge in [0.25, 0.3) is 0 Å². The number of carbonyl (C=O) groups is 2. The highest BCUT2D eigenvalue weighted by Gasteiger charge is 2.20. The Kier molecular flexibility index (Phi) is 8.02. The minimum absolute atomic E-state index is 0.0734. The van der Waals surface area contributed by atoms with E-state index in [1.54, 1.807) is 13.8 Å². The number of hydrogen-bond donors (Lipinski definition) is 0. The summed E-state index contributed by atoms with van der Waals surface area (Å²) in [7, 11) is 0. The van der Waals surface area contributed by atoms with Gasteiger partial charge in [0.1, 0.15) is 13.2 Å². The summed E-state index contributed by atoms with van der Waals surface area (Å²) in [5, 5.41) is 15.5. The number of hydrogen-bond acceptors (Lipinski definition) is 10. The molecule has 0 amide bonds. The largest absolute Gasteiger partial charge is 0.509 e. The molecular weight excluding hydrogens is 416 g/mol. The number of rotatable bonds is 8. The molecule has 166 valence electrons. The smallest absolute Gasteiger partial charge is 0.429 e. The zero-order valence-electron chi connectivity index (χ0n) is 17.6. The molecule has 0 N–H and O–H groups in total. The topological polar surface area (TPSA) is 123 Å². The fourth-order valence-corrected chi connectivity index (χ4v) is 2.47. The molecule has 0 aliphatic rings. The van der Waals surface area contributed by atoms with Crippen molar-refractivity contribution in [3.05, 3.63) is 83.4 Å². The van der Waals surface area contributed by atoms with E-state index in [1.165, 1.54) is 0 Å². The molecule has 10 nitrogen and oxygen atoms in total. The molecule has 2 aromatic carbocycles. The van der Waals surface area contributed by atoms with E-state index in [2.05, 4.69) is 20.4 Å². The molecule has 2 atom stereocenters. The predicted octanol–water partition coefficient (Wildman–Crippen LogP) is 4.10. The van der Waals surface area contributed by atoms with E-state index in [0.29, 0.717) is 0 Å². The third kappa shape index (κ3) is 7.01. The normalized spacial score (nSPS) is 12.3. The summed E-state index contributed by atoms with van der Waals surface area (Å²) in [5.74, 6) is 0.147. The van der Waals surface area contributed by atoms with Crippen LogP contribution in [0.3, 0.4) is 0 Å². The fourth-order valence-electron chi connectivity index (χ4n) is 2.47. The summed E-state index contributed by atoms with van der Waals surface area (Å²) in [6.07, 6.45) is -3.41. The monoisotopic (exact) mass is 438 g/mol. The van der Waals surface area contributed by atoms with E-state index in [9.17, 15) is 9.59 Å². The molecule has 3 aromatic rings. The highest BCUT2D eigenvalue weighted by Crippen LogP contribution is 2.15. The first kappa shape index (κ1) is 22.6. The quantitative estimate of drug-likeness (QED) is 0.475. The van der Waals surface area contributed by atoms with Crippen molar-refractivity contribution >= 4 is 12.3 Å². The van der Waals surface area contributed by atoms with Gasteiger partial charge in [0.05, 0.1) is 0 Å². The number of ether oxygens (including phenoxy) is 4. The maximum absolute atomic E-state index is 11.8. The molecule has 1 heterocycles. The molecule has 1 aromatic heterocycles. The first-order valence-corrected chi connectivity index (χ1v) is 9.83. The average molecular weight is 438 g/mol. The van der Waals surface area contributed by atoms with Gasteiger partial charge in [-0.05, 0) is 25.0 Å². The molecule has 0 saturated carbocycles. The lowest BCUT2D eigenvalue weighted by Crippen LogP contribution is -2.17. The van der Waals surface area contributed by atoms with Crippen molar-refractivity contribution in [3.63, 3.8) is 0 Å². The maximum Gasteiger partial charge on any atom is 0.509 e. The Morgan fingerprint density at radius 3 is 1.34 bits per heavy atom. The van der Waals surface area contributed by atoms with Crippen LogP contribution in [0.2, 0.25) is 0 Å². The third-order valence-corrected chi connectivity index (χ3v) is 4.18. The van der Waals surface area contributed by atoms with Crippen molar-refractivity contribution in [2.75, 3.05) is 0 Å². The first-order chi connectivity index (χ1) is 15.5. The molecule has 0 radical (unpaired) electrons. The van der Waals surface area contributed by atoms with Gasteiger partial charge in [-0.1, -0.05) is 60.7 Å². The molecule has 0 spiro atoms. The van der Waals surface area contributed by atoms with Crippen LogP contribution in [0.5, 0.6) is 0 Å². The summed E-state index contributed by atoms with van der Waals surface area (Å²) < 4.78 is 20.4. The van der Waals surface area contributed by atoms with E-state index < -0.39 is 24.5 Å². The van der Waals surface area contributed by atoms with Gasteiger partial charge in [-0.15, -0.1) is 20.4 Å². The minimum Gasteiger partial charge on any atom is -0.429 e. The van der Waals surface area contributed by atoms with Gasteiger partial charge >= 0.3 is 12.3 Å². The SMILES string of the molecule is CC(OC(=O)OCc1ccccc1)c1nnc(C(C)OC(=O)OCc2ccccc2)nn1. The van der Waals surface area contributed by atoms with Crippen molar-refractivity contribution in [2.45, 2.75) is 39.3 Å². The first-order valence-electron chi connectivity index (χ1n) is 9.83. The fraction of sp³-hybridized carbons (Fsp3) is 0.273. The average Bonchev–Trinajstić information content (AvgIpc) is 2.83. The molecule has 10 heteroatoms. The summed E-state index contributed by atoms with van der Waals surface area (Å²) in [6, 6.07) is 18.4. The van der Waals surface area contributed by atoms with Crippen molar-refractivity contribution in [2.24, 2.45) is 0 Å². The van der Waals surface area contributed by atoms with Gasteiger partial charge in [-0.25, -0.2) is 9.59 Å². The summed E-state index contributed by atoms with van der Waals surface area (Å²) in [4.78, 5) is 23.7. The summed E-state index contributed by atoms with van der Waals surface area (Å²) in [5.41, 5.74) is 1.66. The zero-order valence-corrected chi connectivity index (χ0v) is 17.6. The van der Waals surface area contributed by atoms with Crippen molar-refractivity contribution in [3.8, 4) is 0 Å². The number of carbonyl (C=O) groups excluding carboxylic acids is 2. The van der Waals surface area contributed by atoms with Gasteiger partial charge in [-0.2, -0.15) is 0 Å². The van der Waals surface area contributed by atoms with Crippen molar-refractivity contribution < 1.29 is 28.5 Å². The Morgan fingerprint density at radius 1 is 0.656 bits per heavy atom. The molecule has 0 fully saturated rings. The molecular formula is C22H22N4O6. The second kappa shape index (κ2) is 11.3. The minimum atomic E-state index is -0.869. The molecule has 3 rings (SSSR count). The summed E-state index contributed by atoms with van der Waals surface area (Å²) in [6.45, 7) is 3.28. The van der Waals surface area contributed by atoms with Crippen LogP contribution in [0.4, 0.5) is 9.59 Å². The van der Waals surface area contributed by atoms with E-state index in [-0.39, 0.29) is 24.9 Å².